The van der Waals surface area contributed by atoms with Crippen molar-refractivity contribution in [1.82, 2.24) is 0 Å². The molecule has 0 radical (unpaired) electrons. The van der Waals surface area contributed by atoms with Crippen LogP contribution in [0, 0.1) is 17.0 Å². The Morgan fingerprint density at radius 3 is 2.67 bits per heavy atom. The van der Waals surface area contributed by atoms with Crippen LogP contribution in [0.1, 0.15) is 12.5 Å². The van der Waals surface area contributed by atoms with Gasteiger partial charge in [-0.2, -0.15) is 0 Å². The standard InChI is InChI=1S/C12H16N2O4/c1-4-13(8-12(15)18-3)11-7-9(2)5-6-10(11)14(16)17/h5-7H,4,8H2,1-3H3. The van der Waals surface area contributed by atoms with Gasteiger partial charge in [-0.25, -0.2) is 0 Å². The highest BCUT2D eigenvalue weighted by molar-refractivity contribution is 5.77. The zero-order chi connectivity index (χ0) is 13.7. The molecule has 0 amide bonds. The predicted molar refractivity (Wildman–Crippen MR) is 67.7 cm³/mol. The summed E-state index contributed by atoms with van der Waals surface area (Å²) in [5.74, 6) is -0.423. The molecular weight excluding hydrogens is 236 g/mol. The Kier molecular flexibility index (Phi) is 4.65. The second kappa shape index (κ2) is 6.00. The number of carbonyl (C=O) groups is 1. The van der Waals surface area contributed by atoms with E-state index >= 15 is 0 Å². The fourth-order valence-electron chi connectivity index (χ4n) is 1.63. The van der Waals surface area contributed by atoms with Gasteiger partial charge in [0.15, 0.2) is 0 Å². The Balaban J connectivity index is 3.14. The molecule has 0 fully saturated rings. The van der Waals surface area contributed by atoms with Crippen molar-refractivity contribution in [2.75, 3.05) is 25.1 Å². The van der Waals surface area contributed by atoms with Crippen LogP contribution >= 0.6 is 0 Å². The van der Waals surface area contributed by atoms with Crippen LogP contribution < -0.4 is 4.90 Å². The van der Waals surface area contributed by atoms with Gasteiger partial charge in [-0.3, -0.25) is 14.9 Å². The largest absolute Gasteiger partial charge is 0.468 e. The van der Waals surface area contributed by atoms with Gasteiger partial charge >= 0.3 is 5.97 Å². The summed E-state index contributed by atoms with van der Waals surface area (Å²) in [5.41, 5.74) is 1.33. The van der Waals surface area contributed by atoms with E-state index in [0.29, 0.717) is 12.2 Å². The molecule has 0 heterocycles. The topological polar surface area (TPSA) is 72.7 Å². The fraction of sp³-hybridized carbons (Fsp3) is 0.417. The summed E-state index contributed by atoms with van der Waals surface area (Å²) in [6.07, 6.45) is 0. The van der Waals surface area contributed by atoms with Gasteiger partial charge in [-0.1, -0.05) is 6.07 Å². The van der Waals surface area contributed by atoms with Crippen molar-refractivity contribution < 1.29 is 14.5 Å². The number of hydrogen-bond donors (Lipinski definition) is 0. The molecule has 0 saturated carbocycles. The van der Waals surface area contributed by atoms with Crippen LogP contribution in [0.15, 0.2) is 18.2 Å². The summed E-state index contributed by atoms with van der Waals surface area (Å²) in [6, 6.07) is 4.82. The molecule has 0 aliphatic rings. The van der Waals surface area contributed by atoms with E-state index in [1.54, 1.807) is 17.0 Å². The first-order chi connectivity index (χ1) is 8.49. The van der Waals surface area contributed by atoms with Crippen LogP contribution in [-0.2, 0) is 9.53 Å². The normalized spacial score (nSPS) is 9.94. The molecule has 6 heteroatoms. The van der Waals surface area contributed by atoms with Crippen molar-refractivity contribution in [2.24, 2.45) is 0 Å². The maximum absolute atomic E-state index is 11.3. The number of methoxy groups -OCH3 is 1. The molecule has 0 spiro atoms. The highest BCUT2D eigenvalue weighted by atomic mass is 16.6. The molecule has 6 nitrogen and oxygen atoms in total. The zero-order valence-electron chi connectivity index (χ0n) is 10.7. The Bertz CT molecular complexity index is 459. The summed E-state index contributed by atoms with van der Waals surface area (Å²) in [7, 11) is 1.29. The number of benzene rings is 1. The van der Waals surface area contributed by atoms with E-state index in [2.05, 4.69) is 4.74 Å². The molecule has 0 aliphatic heterocycles. The molecule has 98 valence electrons. The van der Waals surface area contributed by atoms with Gasteiger partial charge in [0.25, 0.3) is 5.69 Å². The molecule has 18 heavy (non-hydrogen) atoms. The Labute approximate surface area is 105 Å². The number of anilines is 1. The third-order valence-electron chi connectivity index (χ3n) is 2.60. The number of likely N-dealkylation sites (N-methyl/N-ethyl adjacent to an activating group) is 1. The lowest BCUT2D eigenvalue weighted by Crippen LogP contribution is -2.30. The Hall–Kier alpha value is -2.11. The van der Waals surface area contributed by atoms with Crippen LogP contribution in [0.2, 0.25) is 0 Å². The first-order valence-corrected chi connectivity index (χ1v) is 5.56. The van der Waals surface area contributed by atoms with E-state index in [-0.39, 0.29) is 12.2 Å². The number of nitro groups is 1. The lowest BCUT2D eigenvalue weighted by atomic mass is 10.1. The highest BCUT2D eigenvalue weighted by Crippen LogP contribution is 2.28. The Morgan fingerprint density at radius 2 is 2.17 bits per heavy atom. The zero-order valence-corrected chi connectivity index (χ0v) is 10.7. The lowest BCUT2D eigenvalue weighted by Gasteiger charge is -2.21. The minimum atomic E-state index is -0.450. The summed E-state index contributed by atoms with van der Waals surface area (Å²) in [4.78, 5) is 23.4. The molecule has 0 bridgehead atoms. The van der Waals surface area contributed by atoms with Gasteiger partial charge in [0.1, 0.15) is 12.2 Å². The summed E-state index contributed by atoms with van der Waals surface area (Å²) in [5, 5.41) is 11.0. The maximum atomic E-state index is 11.3. The summed E-state index contributed by atoms with van der Waals surface area (Å²) in [6.45, 7) is 4.16. The van der Waals surface area contributed by atoms with E-state index < -0.39 is 10.9 Å². The average Bonchev–Trinajstić information content (AvgIpc) is 2.35. The van der Waals surface area contributed by atoms with E-state index in [1.165, 1.54) is 13.2 Å². The van der Waals surface area contributed by atoms with Crippen molar-refractivity contribution in [3.05, 3.63) is 33.9 Å². The number of nitro benzene ring substituents is 1. The van der Waals surface area contributed by atoms with Gasteiger partial charge in [-0.05, 0) is 25.5 Å². The molecule has 0 atom stereocenters. The maximum Gasteiger partial charge on any atom is 0.325 e. The van der Waals surface area contributed by atoms with Crippen LogP contribution in [0.25, 0.3) is 0 Å². The summed E-state index contributed by atoms with van der Waals surface area (Å²) < 4.78 is 4.58. The van der Waals surface area contributed by atoms with Crippen LogP contribution in [0.4, 0.5) is 11.4 Å². The predicted octanol–water partition coefficient (Wildman–Crippen LogP) is 1.90. The summed E-state index contributed by atoms with van der Waals surface area (Å²) >= 11 is 0. The lowest BCUT2D eigenvalue weighted by molar-refractivity contribution is -0.384. The molecule has 0 aromatic heterocycles. The highest BCUT2D eigenvalue weighted by Gasteiger charge is 2.20. The van der Waals surface area contributed by atoms with Crippen molar-refractivity contribution in [3.63, 3.8) is 0 Å². The second-order valence-electron chi connectivity index (χ2n) is 3.84. The van der Waals surface area contributed by atoms with E-state index in [9.17, 15) is 14.9 Å². The van der Waals surface area contributed by atoms with Gasteiger partial charge < -0.3 is 9.64 Å². The SMILES string of the molecule is CCN(CC(=O)OC)c1cc(C)ccc1[N+](=O)[O-]. The van der Waals surface area contributed by atoms with Crippen LogP contribution in [-0.4, -0.2) is 31.1 Å². The minimum absolute atomic E-state index is 0.00269. The number of nitrogens with zero attached hydrogens (tertiary/aromatic N) is 2. The third-order valence-corrected chi connectivity index (χ3v) is 2.60. The van der Waals surface area contributed by atoms with Gasteiger partial charge in [0, 0.05) is 12.6 Å². The van der Waals surface area contributed by atoms with Crippen LogP contribution in [0.3, 0.4) is 0 Å². The van der Waals surface area contributed by atoms with E-state index in [0.717, 1.165) is 5.56 Å². The fourth-order valence-corrected chi connectivity index (χ4v) is 1.63. The van der Waals surface area contributed by atoms with Crippen molar-refractivity contribution >= 4 is 17.3 Å². The molecule has 0 N–H and O–H groups in total. The first kappa shape index (κ1) is 14.0. The minimum Gasteiger partial charge on any atom is -0.468 e. The molecule has 1 aromatic carbocycles. The average molecular weight is 252 g/mol. The molecule has 0 saturated heterocycles. The first-order valence-electron chi connectivity index (χ1n) is 5.56. The second-order valence-corrected chi connectivity index (χ2v) is 3.84. The quantitative estimate of drug-likeness (QED) is 0.454. The van der Waals surface area contributed by atoms with Crippen molar-refractivity contribution in [3.8, 4) is 0 Å². The van der Waals surface area contributed by atoms with Gasteiger partial charge in [0.05, 0.1) is 12.0 Å². The molecular formula is C12H16N2O4. The third kappa shape index (κ3) is 3.19. The number of ether oxygens (including phenoxy) is 1. The van der Waals surface area contributed by atoms with Crippen molar-refractivity contribution in [1.29, 1.82) is 0 Å². The van der Waals surface area contributed by atoms with Crippen LogP contribution in [0.5, 0.6) is 0 Å². The molecule has 1 aromatic rings. The monoisotopic (exact) mass is 252 g/mol. The number of aryl methyl sites for hydroxylation is 1. The number of rotatable bonds is 5. The van der Waals surface area contributed by atoms with Crippen molar-refractivity contribution in [2.45, 2.75) is 13.8 Å². The smallest absolute Gasteiger partial charge is 0.325 e. The molecule has 1 rings (SSSR count). The van der Waals surface area contributed by atoms with Gasteiger partial charge in [-0.15, -0.1) is 0 Å². The van der Waals surface area contributed by atoms with E-state index in [1.807, 2.05) is 13.8 Å². The number of carbonyl (C=O) groups excluding carboxylic acids is 1. The number of esters is 1. The molecule has 0 aliphatic carbocycles. The Morgan fingerprint density at radius 1 is 1.50 bits per heavy atom. The van der Waals surface area contributed by atoms with Gasteiger partial charge in [0.2, 0.25) is 0 Å². The molecule has 0 unspecified atom stereocenters. The van der Waals surface area contributed by atoms with E-state index in [4.69, 9.17) is 0 Å². The number of hydrogen-bond acceptors (Lipinski definition) is 5.